The van der Waals surface area contributed by atoms with Gasteiger partial charge in [0.2, 0.25) is 0 Å². The van der Waals surface area contributed by atoms with Crippen molar-refractivity contribution in [2.24, 2.45) is 5.92 Å². The molecule has 6 rings (SSSR count). The van der Waals surface area contributed by atoms with E-state index >= 15 is 0 Å². The Bertz CT molecular complexity index is 1430. The van der Waals surface area contributed by atoms with Gasteiger partial charge in [0, 0.05) is 0 Å². The Kier molecular flexibility index (Phi) is 10.5. The minimum absolute atomic E-state index is 0.0520. The second-order valence-electron chi connectivity index (χ2n) is 11.8. The molecule has 4 aromatic rings. The second kappa shape index (κ2) is 14.7. The molecule has 2 unspecified atom stereocenters. The molecule has 214 valence electrons. The zero-order valence-electron chi connectivity index (χ0n) is 25.3. The van der Waals surface area contributed by atoms with Crippen molar-refractivity contribution in [3.8, 4) is 0 Å². The van der Waals surface area contributed by atoms with Crippen molar-refractivity contribution in [1.29, 1.82) is 0 Å². The molecule has 2 atom stereocenters. The summed E-state index contributed by atoms with van der Waals surface area (Å²) in [6.07, 6.45) is 9.10. The molecule has 0 radical (unpaired) electrons. The summed E-state index contributed by atoms with van der Waals surface area (Å²) in [5, 5.41) is 7.28. The van der Waals surface area contributed by atoms with Gasteiger partial charge >= 0.3 is 270 Å². The van der Waals surface area contributed by atoms with E-state index in [1.165, 1.54) is 26.8 Å². The van der Waals surface area contributed by atoms with Crippen molar-refractivity contribution in [3.05, 3.63) is 144 Å². The zero-order chi connectivity index (χ0) is 29.5. The van der Waals surface area contributed by atoms with Crippen LogP contribution < -0.4 is 21.2 Å². The van der Waals surface area contributed by atoms with Gasteiger partial charge < -0.3 is 0 Å². The van der Waals surface area contributed by atoms with E-state index in [4.69, 9.17) is 9.47 Å². The van der Waals surface area contributed by atoms with Gasteiger partial charge in [-0.2, -0.15) is 0 Å². The molecule has 43 heavy (non-hydrogen) atoms. The van der Waals surface area contributed by atoms with Gasteiger partial charge in [-0.25, -0.2) is 0 Å². The molecule has 0 N–H and O–H groups in total. The van der Waals surface area contributed by atoms with Crippen LogP contribution in [-0.2, 0) is 9.47 Å². The van der Waals surface area contributed by atoms with Crippen LogP contribution >= 0.6 is 15.8 Å². The summed E-state index contributed by atoms with van der Waals surface area (Å²) in [5.74, 6) is 0.522. The number of hydrogen-bond donors (Lipinski definition) is 0. The maximum atomic E-state index is 5.89. The van der Waals surface area contributed by atoms with Gasteiger partial charge in [0.25, 0.3) is 0 Å². The Morgan fingerprint density at radius 2 is 1.19 bits per heavy atom. The molecule has 2 aliphatic rings. The Morgan fingerprint density at radius 1 is 0.721 bits per heavy atom. The van der Waals surface area contributed by atoms with Crippen molar-refractivity contribution >= 4 is 54.8 Å². The first kappa shape index (κ1) is 30.8. The van der Waals surface area contributed by atoms with Crippen molar-refractivity contribution in [3.63, 3.8) is 0 Å². The minimum atomic E-state index is -0.760. The van der Waals surface area contributed by atoms with E-state index in [0.717, 1.165) is 38.9 Å². The molecular weight excluding hydrogens is 557 g/mol. The summed E-state index contributed by atoms with van der Waals surface area (Å²) in [5.41, 5.74) is 1.51. The van der Waals surface area contributed by atoms with Crippen molar-refractivity contribution in [1.82, 2.24) is 0 Å². The Labute approximate surface area is 269 Å². The van der Waals surface area contributed by atoms with E-state index in [9.17, 15) is 0 Å². The van der Waals surface area contributed by atoms with Crippen LogP contribution in [0.2, 0.25) is 0 Å². The van der Waals surface area contributed by atoms with Crippen LogP contribution in [0.1, 0.15) is 32.6 Å². The first-order valence-corrected chi connectivity index (χ1v) is 18.3. The summed E-state index contributed by atoms with van der Waals surface area (Å²) in [6.45, 7) is 4.04. The SMILES string of the molecule is [Li][C]1(P(c2ccccc2)c2ccccc2)C=CC(CC(C)CCC2OCCCO2)=C1P(c1ccccc1)c1ccccc1. The summed E-state index contributed by atoms with van der Waals surface area (Å²) in [4.78, 5) is 0. The molecular formula is C38H39LiO2P2. The summed E-state index contributed by atoms with van der Waals surface area (Å²) in [6, 6.07) is 44.9. The first-order valence-electron chi connectivity index (χ1n) is 15.6. The monoisotopic (exact) mass is 596 g/mol. The second-order valence-corrected chi connectivity index (χ2v) is 16.6. The van der Waals surface area contributed by atoms with Crippen LogP contribution in [0.25, 0.3) is 0 Å². The average molecular weight is 597 g/mol. The standard InChI is InChI=1S/C38H39O2P2.Li/c1-30(23-26-37-39-27-14-28-40-37)29-31-24-25-36(41(32-15-6-2-7-16-32)33-17-8-3-9-18-33)38(31)42(34-19-10-4-11-20-34)35-21-12-5-13-22-35;/h2-13,15-22,24-25,30,37H,14,23,26-29H2,1H3;. The first-order chi connectivity index (χ1) is 21.1. The van der Waals surface area contributed by atoms with Crippen molar-refractivity contribution < 1.29 is 9.47 Å². The third-order valence-electron chi connectivity index (χ3n) is 8.50. The average Bonchev–Trinajstić information content (AvgIpc) is 3.38. The predicted molar refractivity (Wildman–Crippen MR) is 186 cm³/mol. The van der Waals surface area contributed by atoms with Gasteiger partial charge in [0.1, 0.15) is 0 Å². The van der Waals surface area contributed by atoms with E-state index in [1.54, 1.807) is 5.31 Å². The van der Waals surface area contributed by atoms with E-state index in [1.807, 2.05) is 0 Å². The molecule has 1 heterocycles. The van der Waals surface area contributed by atoms with Gasteiger partial charge in [0.15, 0.2) is 0 Å². The van der Waals surface area contributed by atoms with Gasteiger partial charge in [-0.3, -0.25) is 0 Å². The molecule has 1 aliphatic carbocycles. The molecule has 4 aromatic carbocycles. The molecule has 0 saturated carbocycles. The molecule has 1 fully saturated rings. The number of benzene rings is 4. The van der Waals surface area contributed by atoms with Crippen LogP contribution in [0, 0.1) is 5.92 Å². The third-order valence-corrected chi connectivity index (χ3v) is 14.4. The predicted octanol–water partition coefficient (Wildman–Crippen LogP) is 7.51. The number of rotatable bonds is 11. The molecule has 1 aliphatic heterocycles. The molecule has 0 bridgehead atoms. The summed E-state index contributed by atoms with van der Waals surface area (Å²) < 4.78 is 11.6. The van der Waals surface area contributed by atoms with Crippen molar-refractivity contribution in [2.45, 2.75) is 42.7 Å². The van der Waals surface area contributed by atoms with E-state index < -0.39 is 15.8 Å². The van der Waals surface area contributed by atoms with E-state index in [0.29, 0.717) is 5.92 Å². The molecule has 2 nitrogen and oxygen atoms in total. The molecule has 5 heteroatoms. The van der Waals surface area contributed by atoms with Crippen molar-refractivity contribution in [2.75, 3.05) is 13.2 Å². The number of ether oxygens (including phenoxy) is 2. The maximum absolute atomic E-state index is 5.89. The Hall–Kier alpha value is -2.26. The van der Waals surface area contributed by atoms with Gasteiger partial charge in [-0.05, 0) is 0 Å². The van der Waals surface area contributed by atoms with Crippen LogP contribution in [0.15, 0.2) is 144 Å². The summed E-state index contributed by atoms with van der Waals surface area (Å²) >= 11 is 2.52. The number of hydrogen-bond acceptors (Lipinski definition) is 2. The van der Waals surface area contributed by atoms with E-state index in [2.05, 4.69) is 158 Å². The van der Waals surface area contributed by atoms with Crippen LogP contribution in [0.5, 0.6) is 0 Å². The fourth-order valence-electron chi connectivity index (χ4n) is 6.46. The molecule has 0 amide bonds. The van der Waals surface area contributed by atoms with Gasteiger partial charge in [0.05, 0.1) is 0 Å². The van der Waals surface area contributed by atoms with Crippen LogP contribution in [0.3, 0.4) is 0 Å². The normalized spacial score (nSPS) is 19.8. The van der Waals surface area contributed by atoms with Crippen LogP contribution in [-0.4, -0.2) is 41.0 Å². The Balaban J connectivity index is 1.47. The topological polar surface area (TPSA) is 18.5 Å². The molecule has 1 saturated heterocycles. The Morgan fingerprint density at radius 3 is 1.67 bits per heavy atom. The van der Waals surface area contributed by atoms with Gasteiger partial charge in [-0.1, -0.05) is 0 Å². The fraction of sp³-hybridized carbons (Fsp3) is 0.263. The molecule has 0 spiro atoms. The van der Waals surface area contributed by atoms with Crippen LogP contribution in [0.4, 0.5) is 0 Å². The van der Waals surface area contributed by atoms with E-state index in [-0.39, 0.29) is 10.1 Å². The summed E-state index contributed by atoms with van der Waals surface area (Å²) in [7, 11) is -1.49. The quantitative estimate of drug-likeness (QED) is 0.132. The zero-order valence-corrected chi connectivity index (χ0v) is 27.1. The fourth-order valence-corrected chi connectivity index (χ4v) is 12.7. The molecule has 0 aromatic heterocycles. The van der Waals surface area contributed by atoms with Gasteiger partial charge in [-0.15, -0.1) is 0 Å². The third kappa shape index (κ3) is 7.19. The number of allylic oxidation sites excluding steroid dienone is 4.